The Morgan fingerprint density at radius 1 is 0.447 bits per heavy atom. The van der Waals surface area contributed by atoms with E-state index in [4.69, 9.17) is 9.47 Å². The smallest absolute Gasteiger partial charge is 0.197 e. The molecule has 0 bridgehead atoms. The average molecular weight is 497 g/mol. The maximum Gasteiger partial charge on any atom is 0.197 e. The molecule has 0 aliphatic heterocycles. The number of rotatable bonds is 4. The number of fused-ring (bicyclic) bond motifs is 4. The number of H-pyrrole nitrogens is 2. The normalized spacial score (nSPS) is 11.4. The summed E-state index contributed by atoms with van der Waals surface area (Å²) in [5, 5.41) is 1.97. The number of para-hydroxylation sites is 3. The van der Waals surface area contributed by atoms with Gasteiger partial charge in [0.15, 0.2) is 16.6 Å². The second-order valence-electron chi connectivity index (χ2n) is 9.07. The fourth-order valence-corrected chi connectivity index (χ4v) is 4.81. The lowest BCUT2D eigenvalue weighted by Gasteiger charge is -2.11. The van der Waals surface area contributed by atoms with E-state index in [9.17, 15) is 9.59 Å². The number of aromatic nitrogens is 2. The number of ether oxygens (including phenoxy) is 2. The first-order chi connectivity index (χ1) is 18.6. The molecule has 0 amide bonds. The molecule has 2 N–H and O–H groups in total. The van der Waals surface area contributed by atoms with Gasteiger partial charge in [-0.1, -0.05) is 42.5 Å². The van der Waals surface area contributed by atoms with E-state index in [1.165, 1.54) is 0 Å². The Hall–Kier alpha value is -5.36. The van der Waals surface area contributed by atoms with Crippen molar-refractivity contribution in [2.45, 2.75) is 0 Å². The molecule has 7 rings (SSSR count). The Balaban J connectivity index is 1.41. The predicted octanol–water partition coefficient (Wildman–Crippen LogP) is 7.26. The molecule has 7 aromatic rings. The molecule has 182 valence electrons. The fourth-order valence-electron chi connectivity index (χ4n) is 4.81. The second-order valence-corrected chi connectivity index (χ2v) is 9.07. The lowest BCUT2D eigenvalue weighted by molar-refractivity contribution is 0.483. The van der Waals surface area contributed by atoms with Crippen molar-refractivity contribution in [2.24, 2.45) is 0 Å². The summed E-state index contributed by atoms with van der Waals surface area (Å²) in [5.41, 5.74) is 2.10. The minimum absolute atomic E-state index is 0.137. The molecule has 0 atom stereocenters. The van der Waals surface area contributed by atoms with Crippen LogP contribution in [-0.4, -0.2) is 9.97 Å². The van der Waals surface area contributed by atoms with Crippen LogP contribution < -0.4 is 20.3 Å². The number of nitrogens with one attached hydrogen (secondary N) is 2. The van der Waals surface area contributed by atoms with Crippen LogP contribution in [0.3, 0.4) is 0 Å². The Morgan fingerprint density at radius 2 is 1.05 bits per heavy atom. The highest BCUT2D eigenvalue weighted by molar-refractivity contribution is 6.03. The summed E-state index contributed by atoms with van der Waals surface area (Å²) >= 11 is 0. The maximum absolute atomic E-state index is 13.6. The molecule has 6 nitrogen and oxygen atoms in total. The molecule has 0 saturated carbocycles. The van der Waals surface area contributed by atoms with Crippen molar-refractivity contribution in [1.29, 1.82) is 0 Å². The Bertz CT molecular complexity index is 2110. The van der Waals surface area contributed by atoms with Gasteiger partial charge in [-0.25, -0.2) is 0 Å². The molecule has 0 aliphatic rings. The SMILES string of the molecule is O=c1c2cc(Oc3ccccc3)ccc2[nH]c2cc3c(=O)c4cccc(Oc5ccccc5)c4[nH]c3cc12. The van der Waals surface area contributed by atoms with E-state index in [1.54, 1.807) is 30.3 Å². The molecular weight excluding hydrogens is 476 g/mol. The van der Waals surface area contributed by atoms with Gasteiger partial charge in [0, 0.05) is 21.5 Å². The number of benzene rings is 5. The van der Waals surface area contributed by atoms with Gasteiger partial charge in [-0.3, -0.25) is 9.59 Å². The summed E-state index contributed by atoms with van der Waals surface area (Å²) in [6.07, 6.45) is 0. The van der Waals surface area contributed by atoms with Crippen LogP contribution in [0.2, 0.25) is 0 Å². The van der Waals surface area contributed by atoms with Gasteiger partial charge in [-0.05, 0) is 66.7 Å². The third kappa shape index (κ3) is 3.67. The molecule has 5 aromatic carbocycles. The van der Waals surface area contributed by atoms with Gasteiger partial charge in [0.1, 0.15) is 17.2 Å². The number of aromatic amines is 2. The molecule has 0 spiro atoms. The third-order valence-corrected chi connectivity index (χ3v) is 6.63. The van der Waals surface area contributed by atoms with Crippen LogP contribution in [0.4, 0.5) is 0 Å². The maximum atomic E-state index is 13.6. The van der Waals surface area contributed by atoms with Crippen LogP contribution in [-0.2, 0) is 0 Å². The van der Waals surface area contributed by atoms with Gasteiger partial charge >= 0.3 is 0 Å². The van der Waals surface area contributed by atoms with Crippen LogP contribution in [0.5, 0.6) is 23.0 Å². The van der Waals surface area contributed by atoms with Crippen molar-refractivity contribution in [2.75, 3.05) is 0 Å². The van der Waals surface area contributed by atoms with E-state index in [0.717, 1.165) is 0 Å². The third-order valence-electron chi connectivity index (χ3n) is 6.63. The summed E-state index contributed by atoms with van der Waals surface area (Å²) in [6, 6.07) is 33.0. The van der Waals surface area contributed by atoms with Gasteiger partial charge in [-0.2, -0.15) is 0 Å². The molecule has 0 saturated heterocycles. The summed E-state index contributed by atoms with van der Waals surface area (Å²) in [7, 11) is 0. The van der Waals surface area contributed by atoms with E-state index < -0.39 is 0 Å². The molecule has 2 aromatic heterocycles. The summed E-state index contributed by atoms with van der Waals surface area (Å²) in [5.74, 6) is 2.45. The minimum Gasteiger partial charge on any atom is -0.457 e. The van der Waals surface area contributed by atoms with Crippen LogP contribution >= 0.6 is 0 Å². The van der Waals surface area contributed by atoms with Crippen LogP contribution in [0.1, 0.15) is 0 Å². The minimum atomic E-state index is -0.149. The van der Waals surface area contributed by atoms with E-state index in [1.807, 2.05) is 78.9 Å². The Labute approximate surface area is 215 Å². The molecule has 38 heavy (non-hydrogen) atoms. The lowest BCUT2D eigenvalue weighted by atomic mass is 10.0. The lowest BCUT2D eigenvalue weighted by Crippen LogP contribution is -2.08. The summed E-state index contributed by atoms with van der Waals surface area (Å²) < 4.78 is 12.0. The number of hydrogen-bond donors (Lipinski definition) is 2. The van der Waals surface area contributed by atoms with Crippen molar-refractivity contribution < 1.29 is 9.47 Å². The highest BCUT2D eigenvalue weighted by atomic mass is 16.5. The molecule has 0 aliphatic carbocycles. The van der Waals surface area contributed by atoms with Crippen molar-refractivity contribution in [3.05, 3.63) is 130 Å². The Kier molecular flexibility index (Phi) is 4.97. The first-order valence-corrected chi connectivity index (χ1v) is 12.2. The van der Waals surface area contributed by atoms with Gasteiger partial charge < -0.3 is 19.4 Å². The van der Waals surface area contributed by atoms with Gasteiger partial charge in [0.25, 0.3) is 0 Å². The molecule has 2 heterocycles. The van der Waals surface area contributed by atoms with E-state index in [2.05, 4.69) is 9.97 Å². The first kappa shape index (κ1) is 21.9. The van der Waals surface area contributed by atoms with E-state index >= 15 is 0 Å². The predicted molar refractivity (Wildman–Crippen MR) is 151 cm³/mol. The monoisotopic (exact) mass is 496 g/mol. The highest BCUT2D eigenvalue weighted by Gasteiger charge is 2.14. The van der Waals surface area contributed by atoms with Crippen molar-refractivity contribution >= 4 is 43.6 Å². The van der Waals surface area contributed by atoms with E-state index in [0.29, 0.717) is 66.6 Å². The quantitative estimate of drug-likeness (QED) is 0.251. The largest absolute Gasteiger partial charge is 0.457 e. The zero-order valence-corrected chi connectivity index (χ0v) is 20.0. The average Bonchev–Trinajstić information content (AvgIpc) is 2.95. The number of hydrogen-bond acceptors (Lipinski definition) is 4. The zero-order valence-electron chi connectivity index (χ0n) is 20.0. The van der Waals surface area contributed by atoms with Gasteiger partial charge in [-0.15, -0.1) is 0 Å². The van der Waals surface area contributed by atoms with Crippen LogP contribution in [0.15, 0.2) is 119 Å². The topological polar surface area (TPSA) is 84.2 Å². The molecule has 6 heteroatoms. The Morgan fingerprint density at radius 3 is 1.76 bits per heavy atom. The van der Waals surface area contributed by atoms with Crippen molar-refractivity contribution in [1.82, 2.24) is 9.97 Å². The standard InChI is InChI=1S/C32H20N2O4/c35-31-22-12-7-13-29(38-20-10-5-2-6-11-20)30(22)34-28-18-24-27(17-25(28)31)33-26-15-14-21(16-23(26)32(24)36)37-19-8-3-1-4-9-19/h1-18H,(H,33,36)(H,34,35). The van der Waals surface area contributed by atoms with Crippen molar-refractivity contribution in [3.63, 3.8) is 0 Å². The number of pyridine rings is 2. The second kappa shape index (κ2) is 8.64. The van der Waals surface area contributed by atoms with Gasteiger partial charge in [0.05, 0.1) is 22.1 Å². The van der Waals surface area contributed by atoms with Crippen molar-refractivity contribution in [3.8, 4) is 23.0 Å². The molecule has 0 fully saturated rings. The molecule has 0 radical (unpaired) electrons. The fraction of sp³-hybridized carbons (Fsp3) is 0. The van der Waals surface area contributed by atoms with Gasteiger partial charge in [0.2, 0.25) is 0 Å². The van der Waals surface area contributed by atoms with Crippen LogP contribution in [0, 0.1) is 0 Å². The summed E-state index contributed by atoms with van der Waals surface area (Å²) in [4.78, 5) is 33.8. The van der Waals surface area contributed by atoms with E-state index in [-0.39, 0.29) is 10.9 Å². The first-order valence-electron chi connectivity index (χ1n) is 12.2. The highest BCUT2D eigenvalue weighted by Crippen LogP contribution is 2.30. The molecule has 0 unspecified atom stereocenters. The van der Waals surface area contributed by atoms with Crippen LogP contribution in [0.25, 0.3) is 43.6 Å². The summed E-state index contributed by atoms with van der Waals surface area (Å²) in [6.45, 7) is 0. The zero-order chi connectivity index (χ0) is 25.6. The molecular formula is C32H20N2O4.